The lowest BCUT2D eigenvalue weighted by Crippen LogP contribution is -2.39. The Kier molecular flexibility index (Phi) is 5.17. The van der Waals surface area contributed by atoms with Crippen LogP contribution in [0.2, 0.25) is 0 Å². The van der Waals surface area contributed by atoms with Crippen molar-refractivity contribution in [2.24, 2.45) is 13.0 Å². The Hall–Kier alpha value is -3.03. The minimum atomic E-state index is -0.0805. The van der Waals surface area contributed by atoms with E-state index in [1.54, 1.807) is 46.9 Å². The van der Waals surface area contributed by atoms with Gasteiger partial charge >= 0.3 is 0 Å². The van der Waals surface area contributed by atoms with Crippen LogP contribution >= 0.6 is 0 Å². The summed E-state index contributed by atoms with van der Waals surface area (Å²) < 4.78 is 3.31. The number of anilines is 1. The number of aromatic nitrogens is 5. The van der Waals surface area contributed by atoms with Gasteiger partial charge in [0.25, 0.3) is 11.1 Å². The quantitative estimate of drug-likeness (QED) is 0.672. The zero-order valence-electron chi connectivity index (χ0n) is 17.1. The van der Waals surface area contributed by atoms with Crippen molar-refractivity contribution in [2.75, 3.05) is 18.0 Å². The van der Waals surface area contributed by atoms with E-state index < -0.39 is 0 Å². The van der Waals surface area contributed by atoms with Gasteiger partial charge in [0.1, 0.15) is 0 Å². The van der Waals surface area contributed by atoms with E-state index >= 15 is 0 Å². The molecule has 0 amide bonds. The van der Waals surface area contributed by atoms with Crippen LogP contribution in [0.25, 0.3) is 11.0 Å². The Morgan fingerprint density at radius 2 is 1.93 bits per heavy atom. The van der Waals surface area contributed by atoms with Gasteiger partial charge in [-0.15, -0.1) is 0 Å². The first kappa shape index (κ1) is 19.3. The van der Waals surface area contributed by atoms with Gasteiger partial charge in [0, 0.05) is 38.9 Å². The normalized spacial score (nSPS) is 15.4. The van der Waals surface area contributed by atoms with Crippen molar-refractivity contribution >= 4 is 17.0 Å². The fourth-order valence-electron chi connectivity index (χ4n) is 3.86. The molecule has 4 rings (SSSR count). The highest BCUT2D eigenvalue weighted by molar-refractivity contribution is 5.74. The molecule has 0 atom stereocenters. The van der Waals surface area contributed by atoms with Crippen LogP contribution in [0.4, 0.5) is 5.95 Å². The topological polar surface area (TPSA) is 85.9 Å². The second kappa shape index (κ2) is 7.77. The standard InChI is InChI=1S/C21H26N6O2/c1-14(2)17-11-18(28)27(13-23-17)12-15-6-9-26(10-7-15)21-24-19-16(5-4-8-22-19)20(29)25(21)3/h4-5,8,11,13-15H,6-7,9-10,12H2,1-3H3. The first-order valence-electron chi connectivity index (χ1n) is 10.1. The highest BCUT2D eigenvalue weighted by Crippen LogP contribution is 2.23. The molecule has 0 aliphatic carbocycles. The second-order valence-corrected chi connectivity index (χ2v) is 8.04. The molecule has 4 heterocycles. The summed E-state index contributed by atoms with van der Waals surface area (Å²) in [6.45, 7) is 6.31. The molecule has 0 radical (unpaired) electrons. The number of nitrogens with zero attached hydrogens (tertiary/aromatic N) is 6. The van der Waals surface area contributed by atoms with Crippen LogP contribution in [-0.2, 0) is 13.6 Å². The predicted molar refractivity (Wildman–Crippen MR) is 112 cm³/mol. The third kappa shape index (κ3) is 3.79. The van der Waals surface area contributed by atoms with Gasteiger partial charge < -0.3 is 4.90 Å². The van der Waals surface area contributed by atoms with Gasteiger partial charge in [0.2, 0.25) is 5.95 Å². The summed E-state index contributed by atoms with van der Waals surface area (Å²) in [5.41, 5.74) is 1.24. The zero-order valence-corrected chi connectivity index (χ0v) is 17.1. The van der Waals surface area contributed by atoms with Crippen molar-refractivity contribution in [1.29, 1.82) is 0 Å². The highest BCUT2D eigenvalue weighted by atomic mass is 16.1. The van der Waals surface area contributed by atoms with Crippen LogP contribution in [0.3, 0.4) is 0 Å². The summed E-state index contributed by atoms with van der Waals surface area (Å²) in [5, 5.41) is 0.533. The van der Waals surface area contributed by atoms with Gasteiger partial charge in [-0.05, 0) is 36.8 Å². The summed E-state index contributed by atoms with van der Waals surface area (Å²) in [4.78, 5) is 40.4. The Morgan fingerprint density at radius 1 is 1.17 bits per heavy atom. The largest absolute Gasteiger partial charge is 0.342 e. The Morgan fingerprint density at radius 3 is 2.62 bits per heavy atom. The average Bonchev–Trinajstić information content (AvgIpc) is 2.72. The third-order valence-corrected chi connectivity index (χ3v) is 5.67. The monoisotopic (exact) mass is 394 g/mol. The van der Waals surface area contributed by atoms with Crippen molar-refractivity contribution in [2.45, 2.75) is 39.2 Å². The molecular weight excluding hydrogens is 368 g/mol. The van der Waals surface area contributed by atoms with Gasteiger partial charge in [-0.1, -0.05) is 13.8 Å². The highest BCUT2D eigenvalue weighted by Gasteiger charge is 2.23. The number of hydrogen-bond acceptors (Lipinski definition) is 6. The van der Waals surface area contributed by atoms with E-state index in [2.05, 4.69) is 19.9 Å². The number of pyridine rings is 1. The minimum Gasteiger partial charge on any atom is -0.342 e. The van der Waals surface area contributed by atoms with Gasteiger partial charge in [0.15, 0.2) is 5.65 Å². The first-order chi connectivity index (χ1) is 13.9. The zero-order chi connectivity index (χ0) is 20.5. The van der Waals surface area contributed by atoms with E-state index in [1.165, 1.54) is 0 Å². The molecule has 152 valence electrons. The summed E-state index contributed by atoms with van der Waals surface area (Å²) in [7, 11) is 1.75. The van der Waals surface area contributed by atoms with E-state index in [0.717, 1.165) is 31.6 Å². The van der Waals surface area contributed by atoms with Gasteiger partial charge in [-0.3, -0.25) is 18.7 Å². The number of fused-ring (bicyclic) bond motifs is 1. The predicted octanol–water partition coefficient (Wildman–Crippen LogP) is 1.93. The molecule has 29 heavy (non-hydrogen) atoms. The summed E-state index contributed by atoms with van der Waals surface area (Å²) in [5.74, 6) is 1.29. The molecule has 0 unspecified atom stereocenters. The maximum absolute atomic E-state index is 12.6. The average molecular weight is 394 g/mol. The minimum absolute atomic E-state index is 0.01000. The Bertz CT molecular complexity index is 1140. The smallest absolute Gasteiger partial charge is 0.264 e. The maximum atomic E-state index is 12.6. The molecule has 1 aliphatic heterocycles. The fourth-order valence-corrected chi connectivity index (χ4v) is 3.86. The van der Waals surface area contributed by atoms with Crippen LogP contribution < -0.4 is 16.0 Å². The molecule has 1 fully saturated rings. The van der Waals surface area contributed by atoms with Gasteiger partial charge in [-0.25, -0.2) is 9.97 Å². The van der Waals surface area contributed by atoms with Crippen LogP contribution in [-0.4, -0.2) is 37.2 Å². The molecule has 0 bridgehead atoms. The van der Waals surface area contributed by atoms with Gasteiger partial charge in [-0.2, -0.15) is 4.98 Å². The van der Waals surface area contributed by atoms with E-state index in [4.69, 9.17) is 0 Å². The molecule has 3 aromatic rings. The van der Waals surface area contributed by atoms with Crippen molar-refractivity contribution in [3.05, 3.63) is 57.1 Å². The van der Waals surface area contributed by atoms with E-state index in [9.17, 15) is 9.59 Å². The lowest BCUT2D eigenvalue weighted by molar-refractivity contribution is 0.347. The van der Waals surface area contributed by atoms with Crippen molar-refractivity contribution in [1.82, 2.24) is 24.1 Å². The lowest BCUT2D eigenvalue weighted by Gasteiger charge is -2.33. The summed E-state index contributed by atoms with van der Waals surface area (Å²) in [6.07, 6.45) is 5.18. The third-order valence-electron chi connectivity index (χ3n) is 5.67. The Labute approximate surface area is 168 Å². The molecule has 8 heteroatoms. The van der Waals surface area contributed by atoms with Crippen molar-refractivity contribution in [3.8, 4) is 0 Å². The lowest BCUT2D eigenvalue weighted by atomic mass is 9.97. The maximum Gasteiger partial charge on any atom is 0.264 e. The molecule has 0 N–H and O–H groups in total. The molecule has 0 aromatic carbocycles. The number of rotatable bonds is 4. The van der Waals surface area contributed by atoms with Crippen molar-refractivity contribution < 1.29 is 0 Å². The molecule has 0 saturated carbocycles. The van der Waals surface area contributed by atoms with Gasteiger partial charge in [0.05, 0.1) is 17.4 Å². The molecule has 1 saturated heterocycles. The van der Waals surface area contributed by atoms with Crippen LogP contribution in [0, 0.1) is 5.92 Å². The fraction of sp³-hybridized carbons (Fsp3) is 0.476. The molecule has 3 aromatic heterocycles. The molecule has 8 nitrogen and oxygen atoms in total. The number of piperidine rings is 1. The number of hydrogen-bond donors (Lipinski definition) is 0. The van der Waals surface area contributed by atoms with Crippen LogP contribution in [0.1, 0.15) is 38.3 Å². The molecular formula is C21H26N6O2. The van der Waals surface area contributed by atoms with Crippen molar-refractivity contribution in [3.63, 3.8) is 0 Å². The molecule has 1 aliphatic rings. The van der Waals surface area contributed by atoms with E-state index in [1.807, 2.05) is 13.8 Å². The Balaban J connectivity index is 1.48. The van der Waals surface area contributed by atoms with Crippen LogP contribution in [0.15, 0.2) is 40.3 Å². The second-order valence-electron chi connectivity index (χ2n) is 8.04. The summed E-state index contributed by atoms with van der Waals surface area (Å²) >= 11 is 0. The van der Waals surface area contributed by atoms with E-state index in [0.29, 0.717) is 29.4 Å². The van der Waals surface area contributed by atoms with Crippen LogP contribution in [0.5, 0.6) is 0 Å². The first-order valence-corrected chi connectivity index (χ1v) is 10.1. The molecule has 0 spiro atoms. The SMILES string of the molecule is CC(C)c1cc(=O)n(CC2CCN(c3nc4ncccc4c(=O)n3C)CC2)cn1. The van der Waals surface area contributed by atoms with E-state index in [-0.39, 0.29) is 17.0 Å². The summed E-state index contributed by atoms with van der Waals surface area (Å²) in [6, 6.07) is 5.15.